The zero-order chi connectivity index (χ0) is 44.0. The lowest BCUT2D eigenvalue weighted by Gasteiger charge is -2.16. The number of rotatable bonds is 11. The molecular formula is C58H59N5. The van der Waals surface area contributed by atoms with Gasteiger partial charge in [-0.3, -0.25) is 4.99 Å². The molecule has 2 atom stereocenters. The van der Waals surface area contributed by atoms with Gasteiger partial charge < -0.3 is 20.6 Å². The van der Waals surface area contributed by atoms with Gasteiger partial charge in [0.15, 0.2) is 0 Å². The number of nitrogen functional groups attached to an aromatic ring is 1. The van der Waals surface area contributed by atoms with Gasteiger partial charge >= 0.3 is 0 Å². The van der Waals surface area contributed by atoms with Crippen LogP contribution in [0.15, 0.2) is 181 Å². The van der Waals surface area contributed by atoms with Crippen LogP contribution in [0.5, 0.6) is 0 Å². The summed E-state index contributed by atoms with van der Waals surface area (Å²) in [6, 6.07) is 57.3. The molecule has 0 unspecified atom stereocenters. The van der Waals surface area contributed by atoms with Crippen molar-refractivity contribution in [2.75, 3.05) is 5.73 Å². The SMILES string of the molecule is CC[C@@H](C)[C@H](C)CC.Cc1cc2c3ccccc3n(-c3ccc(/C(N)=C/C(=NCc4ccccc4)c4ccccc4)cc3)c2cc1-n1ccc2cccc(-c3cccc(N)c3C)c21. The molecule has 0 bridgehead atoms. The fourth-order valence-corrected chi connectivity index (χ4v) is 8.63. The van der Waals surface area contributed by atoms with E-state index in [4.69, 9.17) is 16.5 Å². The maximum Gasteiger partial charge on any atom is 0.0671 e. The Morgan fingerprint density at radius 3 is 2.00 bits per heavy atom. The molecule has 0 aliphatic rings. The van der Waals surface area contributed by atoms with Gasteiger partial charge in [-0.05, 0) is 108 Å². The van der Waals surface area contributed by atoms with Crippen LogP contribution in [0.25, 0.3) is 60.9 Å². The number of aromatic nitrogens is 2. The summed E-state index contributed by atoms with van der Waals surface area (Å²) in [6.07, 6.45) is 6.83. The number of anilines is 1. The van der Waals surface area contributed by atoms with Crippen LogP contribution in [0.1, 0.15) is 68.4 Å². The molecule has 7 aromatic carbocycles. The van der Waals surface area contributed by atoms with Crippen molar-refractivity contribution in [3.63, 3.8) is 0 Å². The number of aliphatic imine (C=N–C) groups is 1. The van der Waals surface area contributed by atoms with Gasteiger partial charge in [0.05, 0.1) is 34.5 Å². The van der Waals surface area contributed by atoms with Crippen molar-refractivity contribution in [2.45, 2.75) is 60.9 Å². The average molecular weight is 826 g/mol. The van der Waals surface area contributed by atoms with Gasteiger partial charge in [-0.25, -0.2) is 0 Å². The zero-order valence-electron chi connectivity index (χ0n) is 37.5. The molecule has 63 heavy (non-hydrogen) atoms. The fourth-order valence-electron chi connectivity index (χ4n) is 8.63. The standard InChI is InChI=1S/C50H41N5.C8H18/c1-33-29-43-41-18-9-10-22-47(41)55(49(43)31-48(33)54-28-27-38-17-11-20-42(50(38)54)40-19-12-21-44(51)34(40)2)39-25-23-36(24-26-39)45(52)30-46(37-15-7-4-8-16-37)53-32-35-13-5-3-6-14-35;1-5-7(3)8(4)6-2/h3-31H,32,51-52H2,1-2H3;7-8H,5-6H2,1-4H3/b45-30-,53-46?;/t;7-,8-/m.1/s1. The molecule has 0 fully saturated rings. The van der Waals surface area contributed by atoms with E-state index in [-0.39, 0.29) is 0 Å². The van der Waals surface area contributed by atoms with Gasteiger partial charge in [0.1, 0.15) is 0 Å². The second-order valence-corrected chi connectivity index (χ2v) is 16.9. The maximum atomic E-state index is 6.82. The molecule has 5 heteroatoms. The van der Waals surface area contributed by atoms with Gasteiger partial charge in [0.2, 0.25) is 0 Å². The monoisotopic (exact) mass is 825 g/mol. The van der Waals surface area contributed by atoms with Crippen LogP contribution < -0.4 is 11.5 Å². The molecule has 316 valence electrons. The number of aryl methyl sites for hydroxylation is 1. The first-order valence-corrected chi connectivity index (χ1v) is 22.4. The molecule has 2 aromatic heterocycles. The second-order valence-electron chi connectivity index (χ2n) is 16.9. The lowest BCUT2D eigenvalue weighted by Crippen LogP contribution is -2.05. The van der Waals surface area contributed by atoms with Gasteiger partial charge in [-0.1, -0.05) is 162 Å². The third-order valence-electron chi connectivity index (χ3n) is 13.0. The van der Waals surface area contributed by atoms with E-state index in [1.807, 2.05) is 54.6 Å². The summed E-state index contributed by atoms with van der Waals surface area (Å²) in [5, 5.41) is 3.61. The van der Waals surface area contributed by atoms with Crippen LogP contribution in [0.3, 0.4) is 0 Å². The number of nitrogens with zero attached hydrogens (tertiary/aromatic N) is 3. The number of benzene rings is 7. The maximum absolute atomic E-state index is 6.82. The Balaban J connectivity index is 0.000000622. The molecule has 0 aliphatic carbocycles. The summed E-state index contributed by atoms with van der Waals surface area (Å²) in [5.41, 5.74) is 28.9. The van der Waals surface area contributed by atoms with E-state index >= 15 is 0 Å². The number of para-hydroxylation sites is 2. The van der Waals surface area contributed by atoms with E-state index in [1.165, 1.54) is 34.6 Å². The molecule has 0 spiro atoms. The zero-order valence-corrected chi connectivity index (χ0v) is 37.5. The van der Waals surface area contributed by atoms with Crippen LogP contribution in [0, 0.1) is 25.7 Å². The van der Waals surface area contributed by atoms with Gasteiger partial charge in [0.25, 0.3) is 0 Å². The van der Waals surface area contributed by atoms with Crippen LogP contribution >= 0.6 is 0 Å². The van der Waals surface area contributed by atoms with Crippen molar-refractivity contribution in [3.05, 3.63) is 204 Å². The number of hydrogen-bond acceptors (Lipinski definition) is 3. The summed E-state index contributed by atoms with van der Waals surface area (Å²) in [7, 11) is 0. The van der Waals surface area contributed by atoms with E-state index < -0.39 is 0 Å². The fraction of sp³-hybridized carbons (Fsp3) is 0.190. The first kappa shape index (κ1) is 42.6. The lowest BCUT2D eigenvalue weighted by molar-refractivity contribution is 0.367. The summed E-state index contributed by atoms with van der Waals surface area (Å²) >= 11 is 0. The highest BCUT2D eigenvalue weighted by Crippen LogP contribution is 2.39. The molecule has 0 aliphatic heterocycles. The van der Waals surface area contributed by atoms with Crippen molar-refractivity contribution in [1.29, 1.82) is 0 Å². The summed E-state index contributed by atoms with van der Waals surface area (Å²) < 4.78 is 4.70. The molecule has 0 saturated heterocycles. The van der Waals surface area contributed by atoms with Crippen molar-refractivity contribution in [1.82, 2.24) is 9.13 Å². The minimum atomic E-state index is 0.573. The third kappa shape index (κ3) is 8.83. The van der Waals surface area contributed by atoms with Gasteiger partial charge in [-0.15, -0.1) is 0 Å². The minimum Gasteiger partial charge on any atom is -0.398 e. The predicted molar refractivity (Wildman–Crippen MR) is 271 cm³/mol. The highest BCUT2D eigenvalue weighted by Gasteiger charge is 2.18. The van der Waals surface area contributed by atoms with Crippen molar-refractivity contribution in [3.8, 4) is 22.5 Å². The number of allylic oxidation sites excluding steroid dienone is 1. The lowest BCUT2D eigenvalue weighted by atomic mass is 9.92. The molecular weight excluding hydrogens is 767 g/mol. The topological polar surface area (TPSA) is 74.3 Å². The van der Waals surface area contributed by atoms with E-state index in [0.29, 0.717) is 12.2 Å². The highest BCUT2D eigenvalue weighted by molar-refractivity contribution is 6.12. The quantitative estimate of drug-likeness (QED) is 0.101. The smallest absolute Gasteiger partial charge is 0.0671 e. The molecule has 9 rings (SSSR count). The Kier molecular flexibility index (Phi) is 12.8. The Bertz CT molecular complexity index is 3050. The Labute approximate surface area is 373 Å². The molecule has 0 radical (unpaired) electrons. The van der Waals surface area contributed by atoms with E-state index in [1.54, 1.807) is 0 Å². The largest absolute Gasteiger partial charge is 0.398 e. The normalized spacial score (nSPS) is 13.0. The van der Waals surface area contributed by atoms with Crippen molar-refractivity contribution in [2.24, 2.45) is 22.6 Å². The molecule has 9 aromatic rings. The Morgan fingerprint density at radius 2 is 1.29 bits per heavy atom. The first-order chi connectivity index (χ1) is 30.7. The van der Waals surface area contributed by atoms with Crippen molar-refractivity contribution >= 4 is 49.8 Å². The van der Waals surface area contributed by atoms with E-state index in [2.05, 4.69) is 172 Å². The number of hydrogen-bond donors (Lipinski definition) is 2. The molecule has 5 nitrogen and oxygen atoms in total. The van der Waals surface area contributed by atoms with Crippen LogP contribution in [0.2, 0.25) is 0 Å². The van der Waals surface area contributed by atoms with Crippen LogP contribution in [0.4, 0.5) is 5.69 Å². The molecule has 0 amide bonds. The molecule has 2 heterocycles. The molecule has 4 N–H and O–H groups in total. The minimum absolute atomic E-state index is 0.573. The van der Waals surface area contributed by atoms with E-state index in [9.17, 15) is 0 Å². The van der Waals surface area contributed by atoms with E-state index in [0.717, 1.165) is 84.5 Å². The first-order valence-electron chi connectivity index (χ1n) is 22.4. The number of nitrogens with two attached hydrogens (primary N) is 2. The Hall–Kier alpha value is -7.11. The van der Waals surface area contributed by atoms with Gasteiger partial charge in [-0.2, -0.15) is 0 Å². The van der Waals surface area contributed by atoms with Crippen molar-refractivity contribution < 1.29 is 0 Å². The predicted octanol–water partition coefficient (Wildman–Crippen LogP) is 14.7. The summed E-state index contributed by atoms with van der Waals surface area (Å²) in [6.45, 7) is 14.1. The summed E-state index contributed by atoms with van der Waals surface area (Å²) in [5.74, 6) is 1.83. The van der Waals surface area contributed by atoms with Crippen LogP contribution in [-0.4, -0.2) is 14.8 Å². The summed E-state index contributed by atoms with van der Waals surface area (Å²) in [4.78, 5) is 4.99. The Morgan fingerprint density at radius 1 is 0.635 bits per heavy atom. The van der Waals surface area contributed by atoms with Gasteiger partial charge in [0, 0.05) is 45.0 Å². The second kappa shape index (κ2) is 18.9. The van der Waals surface area contributed by atoms with Crippen LogP contribution in [-0.2, 0) is 6.54 Å². The highest BCUT2D eigenvalue weighted by atomic mass is 15.0. The third-order valence-corrected chi connectivity index (χ3v) is 13.0. The number of fused-ring (bicyclic) bond motifs is 4. The molecule has 0 saturated carbocycles. The average Bonchev–Trinajstić information content (AvgIpc) is 3.90.